The molecule has 0 amide bonds. The van der Waals surface area contributed by atoms with Gasteiger partial charge in [0, 0.05) is 24.0 Å². The predicted octanol–water partition coefficient (Wildman–Crippen LogP) is 2.99. The number of carbonyl (C=O) groups is 1. The zero-order valence-corrected chi connectivity index (χ0v) is 15.5. The summed E-state index contributed by atoms with van der Waals surface area (Å²) in [5.41, 5.74) is 0.226. The maximum absolute atomic E-state index is 12.4. The molecule has 0 aromatic rings. The minimum absolute atomic E-state index is 0.0244. The fourth-order valence-corrected chi connectivity index (χ4v) is 7.52. The van der Waals surface area contributed by atoms with Crippen molar-refractivity contribution in [2.24, 2.45) is 17.3 Å². The van der Waals surface area contributed by atoms with Crippen LogP contribution in [0.1, 0.15) is 44.9 Å². The molecule has 1 saturated heterocycles. The molecule has 0 spiro atoms. The van der Waals surface area contributed by atoms with Crippen molar-refractivity contribution in [2.45, 2.75) is 49.3 Å². The van der Waals surface area contributed by atoms with Gasteiger partial charge in [-0.3, -0.25) is 9.69 Å². The number of hydrogen-bond donors (Lipinski definition) is 0. The molecule has 4 nitrogen and oxygen atoms in total. The van der Waals surface area contributed by atoms with Crippen LogP contribution in [0.4, 0.5) is 0 Å². The molecule has 5 fully saturated rings. The highest BCUT2D eigenvalue weighted by Gasteiger charge is 2.57. The van der Waals surface area contributed by atoms with E-state index in [1.807, 2.05) is 0 Å². The molecule has 5 heteroatoms. The molecular weight excluding hydrogens is 358 g/mol. The largest absolute Gasteiger partial charge is 0.464 e. The van der Waals surface area contributed by atoms with Crippen molar-refractivity contribution >= 4 is 21.9 Å². The van der Waals surface area contributed by atoms with Crippen LogP contribution in [0.25, 0.3) is 0 Å². The van der Waals surface area contributed by atoms with Gasteiger partial charge in [-0.05, 0) is 55.8 Å². The van der Waals surface area contributed by atoms with Crippen molar-refractivity contribution in [2.75, 3.05) is 39.5 Å². The van der Waals surface area contributed by atoms with E-state index in [1.165, 1.54) is 38.5 Å². The van der Waals surface area contributed by atoms with Crippen LogP contribution in [0.5, 0.6) is 0 Å². The first-order valence-electron chi connectivity index (χ1n) is 9.19. The molecular formula is C18H28BrNO3. The Morgan fingerprint density at radius 1 is 1.17 bits per heavy atom. The van der Waals surface area contributed by atoms with E-state index in [0.717, 1.165) is 44.7 Å². The number of rotatable bonds is 5. The third kappa shape index (κ3) is 3.62. The molecule has 0 N–H and O–H groups in total. The number of nitrogens with zero attached hydrogens (tertiary/aromatic N) is 1. The van der Waals surface area contributed by atoms with Crippen LogP contribution in [-0.4, -0.2) is 54.6 Å². The Balaban J connectivity index is 1.27. The quantitative estimate of drug-likeness (QED) is 0.538. The number of hydrogen-bond acceptors (Lipinski definition) is 4. The Bertz CT molecular complexity index is 449. The molecule has 5 rings (SSSR count). The Hall–Kier alpha value is -0.130. The number of esters is 1. The Kier molecular flexibility index (Phi) is 4.48. The maximum Gasteiger partial charge on any atom is 0.306 e. The molecule has 4 bridgehead atoms. The van der Waals surface area contributed by atoms with Crippen LogP contribution in [-0.2, 0) is 14.3 Å². The second kappa shape index (κ2) is 6.30. The van der Waals surface area contributed by atoms with Crippen LogP contribution < -0.4 is 0 Å². The summed E-state index contributed by atoms with van der Waals surface area (Å²) in [5.74, 6) is 1.69. The molecule has 0 aromatic heterocycles. The van der Waals surface area contributed by atoms with Crippen molar-refractivity contribution in [3.8, 4) is 0 Å². The summed E-state index contributed by atoms with van der Waals surface area (Å²) >= 11 is 4.02. The molecule has 130 valence electrons. The Morgan fingerprint density at radius 3 is 2.52 bits per heavy atom. The van der Waals surface area contributed by atoms with Gasteiger partial charge < -0.3 is 9.47 Å². The predicted molar refractivity (Wildman–Crippen MR) is 91.6 cm³/mol. The summed E-state index contributed by atoms with van der Waals surface area (Å²) in [6.45, 7) is 4.88. The minimum Gasteiger partial charge on any atom is -0.464 e. The summed E-state index contributed by atoms with van der Waals surface area (Å²) in [5, 5.41) is 0. The number of halogens is 1. The van der Waals surface area contributed by atoms with Gasteiger partial charge >= 0.3 is 5.97 Å². The summed E-state index contributed by atoms with van der Waals surface area (Å²) in [6.07, 6.45) is 8.32. The number of ether oxygens (including phenoxy) is 2. The van der Waals surface area contributed by atoms with Gasteiger partial charge in [-0.1, -0.05) is 15.9 Å². The standard InChI is InChI=1S/C18H28BrNO3/c19-18-10-14-7-15(11-18)9-17(8-14,13-18)12-16(21)23-6-3-20-1-4-22-5-2-20/h14-15H,1-13H2/t14-,15-,17?,18?/m1/s1. The lowest BCUT2D eigenvalue weighted by atomic mass is 9.49. The highest BCUT2D eigenvalue weighted by molar-refractivity contribution is 9.10. The monoisotopic (exact) mass is 385 g/mol. The van der Waals surface area contributed by atoms with E-state index in [0.29, 0.717) is 17.4 Å². The number of alkyl halides is 1. The van der Waals surface area contributed by atoms with Gasteiger partial charge in [0.25, 0.3) is 0 Å². The zero-order chi connectivity index (χ0) is 15.9. The van der Waals surface area contributed by atoms with Gasteiger partial charge in [-0.15, -0.1) is 0 Å². The SMILES string of the molecule is O=C(CC12C[C@H]3C[C@@H](CC(Br)(C3)C1)C2)OCCN1CCOCC1. The van der Waals surface area contributed by atoms with E-state index >= 15 is 0 Å². The smallest absolute Gasteiger partial charge is 0.306 e. The molecule has 2 atom stereocenters. The minimum atomic E-state index is 0.0244. The first kappa shape index (κ1) is 16.3. The lowest BCUT2D eigenvalue weighted by molar-refractivity contribution is -0.151. The van der Waals surface area contributed by atoms with E-state index in [4.69, 9.17) is 9.47 Å². The summed E-state index contributed by atoms with van der Waals surface area (Å²) < 4.78 is 11.2. The van der Waals surface area contributed by atoms with Crippen LogP contribution in [0.15, 0.2) is 0 Å². The summed E-state index contributed by atoms with van der Waals surface area (Å²) in [7, 11) is 0. The van der Waals surface area contributed by atoms with Crippen molar-refractivity contribution in [1.29, 1.82) is 0 Å². The molecule has 0 unspecified atom stereocenters. The van der Waals surface area contributed by atoms with Gasteiger partial charge in [0.05, 0.1) is 19.6 Å². The highest BCUT2D eigenvalue weighted by atomic mass is 79.9. The van der Waals surface area contributed by atoms with Crippen LogP contribution >= 0.6 is 15.9 Å². The Morgan fingerprint density at radius 2 is 1.87 bits per heavy atom. The topological polar surface area (TPSA) is 38.8 Å². The van der Waals surface area contributed by atoms with E-state index in [9.17, 15) is 4.79 Å². The van der Waals surface area contributed by atoms with Gasteiger partial charge in [-0.2, -0.15) is 0 Å². The molecule has 0 aromatic carbocycles. The average Bonchev–Trinajstić information content (AvgIpc) is 2.45. The van der Waals surface area contributed by atoms with E-state index in [1.54, 1.807) is 0 Å². The van der Waals surface area contributed by atoms with E-state index in [2.05, 4.69) is 20.8 Å². The number of carbonyl (C=O) groups excluding carboxylic acids is 1. The second-order valence-electron chi connectivity index (χ2n) is 8.46. The lowest BCUT2D eigenvalue weighted by Crippen LogP contribution is -2.53. The summed E-state index contributed by atoms with van der Waals surface area (Å²) in [6, 6.07) is 0. The first-order valence-corrected chi connectivity index (χ1v) is 9.98. The fraction of sp³-hybridized carbons (Fsp3) is 0.944. The van der Waals surface area contributed by atoms with Gasteiger partial charge in [0.15, 0.2) is 0 Å². The van der Waals surface area contributed by atoms with Crippen LogP contribution in [0.2, 0.25) is 0 Å². The second-order valence-corrected chi connectivity index (χ2v) is 10.1. The first-order chi connectivity index (χ1) is 11.0. The molecule has 1 heterocycles. The molecule has 4 saturated carbocycles. The summed E-state index contributed by atoms with van der Waals surface area (Å²) in [4.78, 5) is 14.7. The molecule has 23 heavy (non-hydrogen) atoms. The van der Waals surface area contributed by atoms with Crippen LogP contribution in [0.3, 0.4) is 0 Å². The van der Waals surface area contributed by atoms with Crippen molar-refractivity contribution in [3.05, 3.63) is 0 Å². The molecule has 0 radical (unpaired) electrons. The van der Waals surface area contributed by atoms with Crippen molar-refractivity contribution in [1.82, 2.24) is 4.90 Å². The van der Waals surface area contributed by atoms with E-state index in [-0.39, 0.29) is 11.4 Å². The van der Waals surface area contributed by atoms with Gasteiger partial charge in [0.1, 0.15) is 6.61 Å². The third-order valence-corrected chi connectivity index (χ3v) is 7.33. The van der Waals surface area contributed by atoms with Crippen LogP contribution in [0, 0.1) is 17.3 Å². The van der Waals surface area contributed by atoms with Crippen molar-refractivity contribution < 1.29 is 14.3 Å². The number of morpholine rings is 1. The zero-order valence-electron chi connectivity index (χ0n) is 13.9. The molecule has 4 aliphatic carbocycles. The molecule has 1 aliphatic heterocycles. The normalized spacial score (nSPS) is 42.8. The highest BCUT2D eigenvalue weighted by Crippen LogP contribution is 2.65. The van der Waals surface area contributed by atoms with Crippen molar-refractivity contribution in [3.63, 3.8) is 0 Å². The Labute approximate surface area is 147 Å². The van der Waals surface area contributed by atoms with E-state index < -0.39 is 0 Å². The maximum atomic E-state index is 12.4. The average molecular weight is 386 g/mol. The lowest BCUT2D eigenvalue weighted by Gasteiger charge is -2.60. The molecule has 5 aliphatic rings. The third-order valence-electron chi connectivity index (χ3n) is 6.40. The van der Waals surface area contributed by atoms with Gasteiger partial charge in [0.2, 0.25) is 0 Å². The van der Waals surface area contributed by atoms with Gasteiger partial charge in [-0.25, -0.2) is 0 Å². The fourth-order valence-electron chi connectivity index (χ4n) is 6.01.